The predicted molar refractivity (Wildman–Crippen MR) is 67.9 cm³/mol. The van der Waals surface area contributed by atoms with E-state index in [0.717, 1.165) is 19.0 Å². The average molecular weight is 229 g/mol. The summed E-state index contributed by atoms with van der Waals surface area (Å²) < 4.78 is 0. The number of hydrogen-bond acceptors (Lipinski definition) is 3. The van der Waals surface area contributed by atoms with Gasteiger partial charge < -0.3 is 16.4 Å². The SMILES string of the molecule is C=CC(=O)NCCC.C=CC(N)=O.CNC. The van der Waals surface area contributed by atoms with E-state index in [1.165, 1.54) is 6.08 Å². The van der Waals surface area contributed by atoms with Gasteiger partial charge in [0, 0.05) is 6.54 Å². The Morgan fingerprint density at radius 3 is 1.81 bits per heavy atom. The molecule has 0 atom stereocenters. The van der Waals surface area contributed by atoms with E-state index in [-0.39, 0.29) is 5.91 Å². The van der Waals surface area contributed by atoms with Gasteiger partial charge in [-0.1, -0.05) is 20.1 Å². The van der Waals surface area contributed by atoms with Crippen molar-refractivity contribution < 1.29 is 9.59 Å². The first-order valence-corrected chi connectivity index (χ1v) is 4.90. The highest BCUT2D eigenvalue weighted by Crippen LogP contribution is 1.70. The molecule has 0 saturated heterocycles. The first-order chi connectivity index (χ1) is 7.49. The summed E-state index contributed by atoms with van der Waals surface area (Å²) in [6, 6.07) is 0. The van der Waals surface area contributed by atoms with E-state index in [9.17, 15) is 9.59 Å². The van der Waals surface area contributed by atoms with Gasteiger partial charge in [-0.2, -0.15) is 0 Å². The molecule has 16 heavy (non-hydrogen) atoms. The molecule has 5 nitrogen and oxygen atoms in total. The summed E-state index contributed by atoms with van der Waals surface area (Å²) in [5.41, 5.74) is 4.53. The summed E-state index contributed by atoms with van der Waals surface area (Å²) in [5, 5.41) is 5.38. The van der Waals surface area contributed by atoms with Crippen LogP contribution in [0.15, 0.2) is 25.3 Å². The predicted octanol–water partition coefficient (Wildman–Crippen LogP) is 0.192. The third kappa shape index (κ3) is 39.4. The second kappa shape index (κ2) is 19.0. The van der Waals surface area contributed by atoms with E-state index < -0.39 is 5.91 Å². The first kappa shape index (κ1) is 19.9. The van der Waals surface area contributed by atoms with Crippen molar-refractivity contribution in [2.45, 2.75) is 13.3 Å². The Balaban J connectivity index is -0.000000181. The van der Waals surface area contributed by atoms with Crippen LogP contribution in [-0.4, -0.2) is 32.5 Å². The summed E-state index contributed by atoms with van der Waals surface area (Å²) in [5.74, 6) is -0.572. The van der Waals surface area contributed by atoms with Gasteiger partial charge in [-0.25, -0.2) is 0 Å². The molecule has 0 spiro atoms. The maximum Gasteiger partial charge on any atom is 0.243 e. The Morgan fingerprint density at radius 1 is 1.25 bits per heavy atom. The van der Waals surface area contributed by atoms with Gasteiger partial charge in [0.2, 0.25) is 11.8 Å². The molecule has 0 radical (unpaired) electrons. The zero-order valence-electron chi connectivity index (χ0n) is 10.4. The van der Waals surface area contributed by atoms with Gasteiger partial charge in [0.25, 0.3) is 0 Å². The monoisotopic (exact) mass is 229 g/mol. The van der Waals surface area contributed by atoms with Gasteiger partial charge in [-0.05, 0) is 32.7 Å². The van der Waals surface area contributed by atoms with Gasteiger partial charge in [0.05, 0.1) is 0 Å². The maximum atomic E-state index is 10.3. The molecule has 0 aliphatic carbocycles. The lowest BCUT2D eigenvalue weighted by atomic mass is 10.4. The maximum absolute atomic E-state index is 10.3. The fourth-order valence-corrected chi connectivity index (χ4v) is 0.320. The molecule has 0 rings (SSSR count). The van der Waals surface area contributed by atoms with Crippen molar-refractivity contribution in [3.8, 4) is 0 Å². The molecule has 0 saturated carbocycles. The number of rotatable bonds is 4. The van der Waals surface area contributed by atoms with Crippen molar-refractivity contribution in [2.75, 3.05) is 20.6 Å². The van der Waals surface area contributed by atoms with Crippen molar-refractivity contribution in [3.05, 3.63) is 25.3 Å². The van der Waals surface area contributed by atoms with Crippen molar-refractivity contribution in [1.29, 1.82) is 0 Å². The fourth-order valence-electron chi connectivity index (χ4n) is 0.320. The minimum absolute atomic E-state index is 0.0909. The Kier molecular flexibility index (Phi) is 23.6. The molecule has 0 aromatic heterocycles. The fraction of sp³-hybridized carbons (Fsp3) is 0.455. The molecule has 0 bridgehead atoms. The lowest BCUT2D eigenvalue weighted by Crippen LogP contribution is -2.20. The second-order valence-corrected chi connectivity index (χ2v) is 2.60. The second-order valence-electron chi connectivity index (χ2n) is 2.60. The minimum atomic E-state index is -0.481. The van der Waals surface area contributed by atoms with E-state index in [1.54, 1.807) is 0 Å². The Bertz CT molecular complexity index is 203. The zero-order valence-corrected chi connectivity index (χ0v) is 10.4. The lowest BCUT2D eigenvalue weighted by Gasteiger charge is -1.94. The number of amides is 2. The molecular formula is C11H23N3O2. The first-order valence-electron chi connectivity index (χ1n) is 4.90. The lowest BCUT2D eigenvalue weighted by molar-refractivity contribution is -0.116. The molecule has 4 N–H and O–H groups in total. The normalized spacial score (nSPS) is 7.19. The smallest absolute Gasteiger partial charge is 0.243 e. The van der Waals surface area contributed by atoms with E-state index in [1.807, 2.05) is 21.0 Å². The largest absolute Gasteiger partial charge is 0.366 e. The van der Waals surface area contributed by atoms with Crippen LogP contribution in [0.4, 0.5) is 0 Å². The Morgan fingerprint density at radius 2 is 1.62 bits per heavy atom. The topological polar surface area (TPSA) is 84.2 Å². The standard InChI is InChI=1S/C6H11NO.C3H5NO.C2H7N/c1-3-5-7-6(8)4-2;1-2-3(4)5;1-3-2/h4H,2-3,5H2,1H3,(H,7,8);2H,1H2,(H2,4,5);3H,1-2H3. The van der Waals surface area contributed by atoms with Crippen LogP contribution in [-0.2, 0) is 9.59 Å². The highest BCUT2D eigenvalue weighted by molar-refractivity contribution is 5.86. The minimum Gasteiger partial charge on any atom is -0.366 e. The van der Waals surface area contributed by atoms with Crippen LogP contribution in [0.5, 0.6) is 0 Å². The number of nitrogens with one attached hydrogen (secondary N) is 2. The quantitative estimate of drug-likeness (QED) is 0.602. The third-order valence-corrected chi connectivity index (χ3v) is 0.936. The van der Waals surface area contributed by atoms with Crippen LogP contribution < -0.4 is 16.4 Å². The highest BCUT2D eigenvalue weighted by atomic mass is 16.1. The summed E-state index contributed by atoms with van der Waals surface area (Å²) >= 11 is 0. The molecule has 94 valence electrons. The van der Waals surface area contributed by atoms with Crippen LogP contribution in [0.1, 0.15) is 13.3 Å². The molecule has 5 heteroatoms. The molecule has 0 aromatic carbocycles. The number of nitrogens with two attached hydrogens (primary N) is 1. The summed E-state index contributed by atoms with van der Waals surface area (Å²) in [6.07, 6.45) is 3.30. The van der Waals surface area contributed by atoms with Gasteiger partial charge >= 0.3 is 0 Å². The zero-order chi connectivity index (χ0) is 13.4. The number of primary amides is 1. The molecule has 0 aromatic rings. The molecule has 0 heterocycles. The third-order valence-electron chi connectivity index (χ3n) is 0.936. The number of hydrogen-bond donors (Lipinski definition) is 3. The van der Waals surface area contributed by atoms with Gasteiger partial charge in [0.15, 0.2) is 0 Å². The van der Waals surface area contributed by atoms with Crippen molar-refractivity contribution in [1.82, 2.24) is 10.6 Å². The highest BCUT2D eigenvalue weighted by Gasteiger charge is 1.86. The van der Waals surface area contributed by atoms with Crippen molar-refractivity contribution in [3.63, 3.8) is 0 Å². The summed E-state index contributed by atoms with van der Waals surface area (Å²) in [6.45, 7) is 9.13. The summed E-state index contributed by atoms with van der Waals surface area (Å²) in [7, 11) is 3.75. The van der Waals surface area contributed by atoms with E-state index in [0.29, 0.717) is 0 Å². The molecule has 0 unspecified atom stereocenters. The van der Waals surface area contributed by atoms with Crippen LogP contribution in [0.2, 0.25) is 0 Å². The van der Waals surface area contributed by atoms with Crippen LogP contribution in [0.3, 0.4) is 0 Å². The average Bonchev–Trinajstić information content (AvgIpc) is 2.27. The van der Waals surface area contributed by atoms with Crippen LogP contribution >= 0.6 is 0 Å². The van der Waals surface area contributed by atoms with Crippen molar-refractivity contribution >= 4 is 11.8 Å². The van der Waals surface area contributed by atoms with E-state index >= 15 is 0 Å². The molecule has 0 aliphatic rings. The Hall–Kier alpha value is -1.62. The molecule has 0 fully saturated rings. The van der Waals surface area contributed by atoms with Gasteiger partial charge in [-0.3, -0.25) is 9.59 Å². The number of carbonyl (C=O) groups is 2. The Labute approximate surface area is 97.8 Å². The molecule has 0 aliphatic heterocycles. The van der Waals surface area contributed by atoms with E-state index in [2.05, 4.69) is 29.5 Å². The molecular weight excluding hydrogens is 206 g/mol. The van der Waals surface area contributed by atoms with Gasteiger partial charge in [-0.15, -0.1) is 0 Å². The van der Waals surface area contributed by atoms with Crippen LogP contribution in [0.25, 0.3) is 0 Å². The number of carbonyl (C=O) groups excluding carboxylic acids is 2. The van der Waals surface area contributed by atoms with Crippen LogP contribution in [0, 0.1) is 0 Å². The molecule has 2 amide bonds. The summed E-state index contributed by atoms with van der Waals surface area (Å²) in [4.78, 5) is 19.8. The van der Waals surface area contributed by atoms with Gasteiger partial charge in [0.1, 0.15) is 0 Å². The van der Waals surface area contributed by atoms with Crippen molar-refractivity contribution in [2.24, 2.45) is 5.73 Å². The van der Waals surface area contributed by atoms with E-state index in [4.69, 9.17) is 0 Å².